The van der Waals surface area contributed by atoms with Gasteiger partial charge >= 0.3 is 5.92 Å². The number of alkyl halides is 2. The van der Waals surface area contributed by atoms with E-state index in [-0.39, 0.29) is 18.5 Å². The van der Waals surface area contributed by atoms with Gasteiger partial charge in [0.2, 0.25) is 5.82 Å². The van der Waals surface area contributed by atoms with Gasteiger partial charge in [0.05, 0.1) is 31.3 Å². The number of tetrazole rings is 1. The first-order valence-electron chi connectivity index (χ1n) is 9.27. The molecule has 0 amide bonds. The van der Waals surface area contributed by atoms with Gasteiger partial charge in [0.25, 0.3) is 0 Å². The van der Waals surface area contributed by atoms with Gasteiger partial charge in [-0.2, -0.15) is 19.1 Å². The first-order chi connectivity index (χ1) is 14.3. The number of nitriles is 1. The molecule has 154 valence electrons. The summed E-state index contributed by atoms with van der Waals surface area (Å²) in [5.41, 5.74) is 3.72. The molecule has 1 aliphatic heterocycles. The molecule has 0 saturated carbocycles. The minimum absolute atomic E-state index is 0.127. The number of nitrogens with one attached hydrogen (secondary N) is 1. The highest BCUT2D eigenvalue weighted by Crippen LogP contribution is 2.34. The number of hydrogen-bond acceptors (Lipinski definition) is 6. The molecule has 1 aromatic carbocycles. The minimum atomic E-state index is -3.40. The normalized spacial score (nSPS) is 19.6. The number of halogens is 2. The van der Waals surface area contributed by atoms with E-state index in [1.165, 1.54) is 18.2 Å². The standard InChI is InChI=1S/C21H21F2N7/c1-14-7-8-18(21(22,23)20-25-28-29-26-20)10-12-30(27-16(14)3)13-19-15(2)5-4-6-17(19)9-11-24/h4-8,10H,1,9,12-13H2,2-3H3,(H,25,26,28,29)/b8-7-,18-10+,27-16-. The first kappa shape index (κ1) is 21.0. The Balaban J connectivity index is 1.98. The molecule has 2 aromatic rings. The predicted molar refractivity (Wildman–Crippen MR) is 108 cm³/mol. The second-order valence-electron chi connectivity index (χ2n) is 6.92. The lowest BCUT2D eigenvalue weighted by molar-refractivity contribution is 0.0314. The lowest BCUT2D eigenvalue weighted by Gasteiger charge is -2.22. The van der Waals surface area contributed by atoms with Gasteiger partial charge in [-0.05, 0) is 46.5 Å². The van der Waals surface area contributed by atoms with E-state index in [0.717, 1.165) is 16.7 Å². The van der Waals surface area contributed by atoms with Gasteiger partial charge in [-0.15, -0.1) is 5.10 Å². The summed E-state index contributed by atoms with van der Waals surface area (Å²) in [5, 5.41) is 27.4. The Morgan fingerprint density at radius 2 is 2.10 bits per heavy atom. The molecule has 0 spiro atoms. The molecule has 0 atom stereocenters. The van der Waals surface area contributed by atoms with E-state index in [2.05, 4.69) is 38.4 Å². The second kappa shape index (κ2) is 8.78. The lowest BCUT2D eigenvalue weighted by Crippen LogP contribution is -2.23. The molecule has 2 heterocycles. The molecule has 9 heteroatoms. The molecule has 0 unspecified atom stereocenters. The molecule has 0 bridgehead atoms. The molecule has 1 N–H and O–H groups in total. The summed E-state index contributed by atoms with van der Waals surface area (Å²) in [7, 11) is 0. The molecule has 0 saturated heterocycles. The molecule has 3 rings (SSSR count). The van der Waals surface area contributed by atoms with Crippen LogP contribution in [0.3, 0.4) is 0 Å². The van der Waals surface area contributed by atoms with Crippen molar-refractivity contribution in [3.63, 3.8) is 0 Å². The van der Waals surface area contributed by atoms with Crippen molar-refractivity contribution in [3.05, 3.63) is 76.7 Å². The van der Waals surface area contributed by atoms with E-state index in [1.807, 2.05) is 25.1 Å². The second-order valence-corrected chi connectivity index (χ2v) is 6.92. The molecular formula is C21H21F2N7. The molecule has 0 aliphatic carbocycles. The monoisotopic (exact) mass is 409 g/mol. The molecule has 7 nitrogen and oxygen atoms in total. The summed E-state index contributed by atoms with van der Waals surface area (Å²) in [6, 6.07) is 7.91. The van der Waals surface area contributed by atoms with Crippen LogP contribution in [-0.2, 0) is 18.9 Å². The van der Waals surface area contributed by atoms with Crippen LogP contribution in [0.1, 0.15) is 29.4 Å². The summed E-state index contributed by atoms with van der Waals surface area (Å²) in [6.07, 6.45) is 4.47. The Morgan fingerprint density at radius 3 is 2.80 bits per heavy atom. The highest BCUT2D eigenvalue weighted by molar-refractivity contribution is 6.00. The summed E-state index contributed by atoms with van der Waals surface area (Å²) >= 11 is 0. The quantitative estimate of drug-likeness (QED) is 0.814. The van der Waals surface area contributed by atoms with Gasteiger partial charge < -0.3 is 0 Å². The maximum atomic E-state index is 14.9. The summed E-state index contributed by atoms with van der Waals surface area (Å²) in [4.78, 5) is 0. The van der Waals surface area contributed by atoms with Crippen molar-refractivity contribution in [1.82, 2.24) is 25.6 Å². The number of H-pyrrole nitrogens is 1. The van der Waals surface area contributed by atoms with Crippen LogP contribution in [0.2, 0.25) is 0 Å². The van der Waals surface area contributed by atoms with E-state index >= 15 is 0 Å². The number of hydrazone groups is 1. The zero-order valence-corrected chi connectivity index (χ0v) is 16.7. The van der Waals surface area contributed by atoms with Crippen molar-refractivity contribution in [2.24, 2.45) is 5.10 Å². The van der Waals surface area contributed by atoms with Gasteiger partial charge in [0, 0.05) is 5.57 Å². The Kier molecular flexibility index (Phi) is 6.16. The van der Waals surface area contributed by atoms with Crippen LogP contribution in [0.15, 0.2) is 59.3 Å². The van der Waals surface area contributed by atoms with Crippen LogP contribution < -0.4 is 0 Å². The maximum Gasteiger partial charge on any atom is 0.332 e. The molecule has 0 radical (unpaired) electrons. The topological polar surface area (TPSA) is 93.9 Å². The van der Waals surface area contributed by atoms with Crippen LogP contribution >= 0.6 is 0 Å². The zero-order valence-electron chi connectivity index (χ0n) is 16.7. The van der Waals surface area contributed by atoms with Crippen LogP contribution in [0, 0.1) is 18.3 Å². The SMILES string of the molecule is C=C1/C=C\C(C(F)(F)c2nnn[nH]2)=C/CN(Cc2c(C)cccc2CC#N)/N=C\1C. The summed E-state index contributed by atoms with van der Waals surface area (Å²) < 4.78 is 29.8. The van der Waals surface area contributed by atoms with Gasteiger partial charge in [-0.3, -0.25) is 5.01 Å². The third-order valence-corrected chi connectivity index (χ3v) is 4.86. The van der Waals surface area contributed by atoms with Gasteiger partial charge in [0.15, 0.2) is 0 Å². The van der Waals surface area contributed by atoms with E-state index in [1.54, 1.807) is 11.9 Å². The lowest BCUT2D eigenvalue weighted by atomic mass is 9.99. The third-order valence-electron chi connectivity index (χ3n) is 4.86. The van der Waals surface area contributed by atoms with Crippen molar-refractivity contribution in [1.29, 1.82) is 5.26 Å². The molecular weight excluding hydrogens is 388 g/mol. The number of aryl methyl sites for hydroxylation is 1. The van der Waals surface area contributed by atoms with Crippen LogP contribution in [-0.4, -0.2) is 37.9 Å². The smallest absolute Gasteiger partial charge is 0.289 e. The highest BCUT2D eigenvalue weighted by Gasteiger charge is 2.39. The number of aromatic nitrogens is 4. The maximum absolute atomic E-state index is 14.9. The number of benzene rings is 1. The first-order valence-corrected chi connectivity index (χ1v) is 9.27. The fourth-order valence-corrected chi connectivity index (χ4v) is 3.08. The third kappa shape index (κ3) is 4.49. The van der Waals surface area contributed by atoms with E-state index in [9.17, 15) is 8.78 Å². The molecule has 30 heavy (non-hydrogen) atoms. The van der Waals surface area contributed by atoms with E-state index in [0.29, 0.717) is 17.8 Å². The summed E-state index contributed by atoms with van der Waals surface area (Å²) in [5.74, 6) is -4.04. The number of aromatic amines is 1. The van der Waals surface area contributed by atoms with Crippen molar-refractivity contribution in [2.45, 2.75) is 32.7 Å². The Hall–Kier alpha value is -3.67. The highest BCUT2D eigenvalue weighted by atomic mass is 19.3. The minimum Gasteiger partial charge on any atom is -0.289 e. The van der Waals surface area contributed by atoms with Gasteiger partial charge in [-0.1, -0.05) is 43.0 Å². The predicted octanol–water partition coefficient (Wildman–Crippen LogP) is 3.60. The van der Waals surface area contributed by atoms with E-state index < -0.39 is 11.7 Å². The number of hydrogen-bond donors (Lipinski definition) is 1. The van der Waals surface area contributed by atoms with Crippen molar-refractivity contribution < 1.29 is 8.78 Å². The van der Waals surface area contributed by atoms with Crippen LogP contribution in [0.4, 0.5) is 8.78 Å². The summed E-state index contributed by atoms with van der Waals surface area (Å²) in [6.45, 7) is 8.14. The number of rotatable bonds is 5. The molecule has 1 aliphatic rings. The average molecular weight is 409 g/mol. The largest absolute Gasteiger partial charge is 0.332 e. The van der Waals surface area contributed by atoms with Gasteiger partial charge in [0.1, 0.15) is 0 Å². The average Bonchev–Trinajstić information content (AvgIpc) is 3.26. The Labute approximate surface area is 173 Å². The van der Waals surface area contributed by atoms with Crippen molar-refractivity contribution >= 4 is 5.71 Å². The van der Waals surface area contributed by atoms with Crippen molar-refractivity contribution in [3.8, 4) is 6.07 Å². The number of allylic oxidation sites excluding steroid dienone is 4. The molecule has 0 fully saturated rings. The van der Waals surface area contributed by atoms with E-state index in [4.69, 9.17) is 5.26 Å². The Morgan fingerprint density at radius 1 is 1.30 bits per heavy atom. The fourth-order valence-electron chi connectivity index (χ4n) is 3.08. The van der Waals surface area contributed by atoms with Crippen LogP contribution in [0.25, 0.3) is 0 Å². The van der Waals surface area contributed by atoms with Crippen LogP contribution in [0.5, 0.6) is 0 Å². The zero-order chi connectivity index (χ0) is 21.7. The Bertz CT molecular complexity index is 1060. The number of nitrogens with zero attached hydrogens (tertiary/aromatic N) is 6. The van der Waals surface area contributed by atoms with Crippen molar-refractivity contribution in [2.75, 3.05) is 6.54 Å². The molecule has 1 aromatic heterocycles. The fraction of sp³-hybridized carbons (Fsp3) is 0.286. The van der Waals surface area contributed by atoms with Gasteiger partial charge in [-0.25, -0.2) is 5.10 Å².